The van der Waals surface area contributed by atoms with E-state index in [9.17, 15) is 0 Å². The summed E-state index contributed by atoms with van der Waals surface area (Å²) < 4.78 is 5.46. The van der Waals surface area contributed by atoms with Crippen molar-refractivity contribution in [2.24, 2.45) is 16.1 Å². The third-order valence-electron chi connectivity index (χ3n) is 4.44. The molecule has 1 saturated heterocycles. The van der Waals surface area contributed by atoms with E-state index < -0.39 is 0 Å². The van der Waals surface area contributed by atoms with E-state index in [4.69, 9.17) is 10.5 Å². The van der Waals surface area contributed by atoms with E-state index >= 15 is 0 Å². The highest BCUT2D eigenvalue weighted by molar-refractivity contribution is 14.0. The van der Waals surface area contributed by atoms with Gasteiger partial charge in [-0.3, -0.25) is 4.99 Å². The van der Waals surface area contributed by atoms with E-state index in [2.05, 4.69) is 16.8 Å². The Morgan fingerprint density at radius 3 is 2.40 bits per heavy atom. The lowest BCUT2D eigenvalue weighted by Gasteiger charge is -2.22. The molecule has 20 heavy (non-hydrogen) atoms. The molecular formula is C15H30IN3O. The number of ether oxygens (including phenoxy) is 1. The van der Waals surface area contributed by atoms with Gasteiger partial charge in [-0.25, -0.2) is 0 Å². The van der Waals surface area contributed by atoms with Crippen LogP contribution in [-0.2, 0) is 4.74 Å². The van der Waals surface area contributed by atoms with Gasteiger partial charge in [0.15, 0.2) is 5.96 Å². The summed E-state index contributed by atoms with van der Waals surface area (Å²) in [6, 6.07) is 0. The predicted molar refractivity (Wildman–Crippen MR) is 94.7 cm³/mol. The number of likely N-dealkylation sites (tertiary alicyclic amines) is 1. The van der Waals surface area contributed by atoms with E-state index in [1.54, 1.807) is 0 Å². The van der Waals surface area contributed by atoms with E-state index in [1.165, 1.54) is 38.5 Å². The minimum absolute atomic E-state index is 0. The summed E-state index contributed by atoms with van der Waals surface area (Å²) in [5.41, 5.74) is 6.56. The molecule has 0 unspecified atom stereocenters. The smallest absolute Gasteiger partial charge is 0.191 e. The first-order valence-electron chi connectivity index (χ1n) is 7.88. The summed E-state index contributed by atoms with van der Waals surface area (Å²) in [7, 11) is 0. The molecule has 4 nitrogen and oxygen atoms in total. The van der Waals surface area contributed by atoms with Gasteiger partial charge in [0.2, 0.25) is 0 Å². The van der Waals surface area contributed by atoms with Crippen molar-refractivity contribution in [1.82, 2.24) is 4.90 Å². The highest BCUT2D eigenvalue weighted by atomic mass is 127. The Hall–Kier alpha value is -0.0400. The fourth-order valence-electron chi connectivity index (χ4n) is 2.75. The van der Waals surface area contributed by atoms with Gasteiger partial charge < -0.3 is 15.4 Å². The van der Waals surface area contributed by atoms with Crippen LogP contribution in [-0.4, -0.2) is 43.7 Å². The zero-order valence-electron chi connectivity index (χ0n) is 12.8. The van der Waals surface area contributed by atoms with Crippen LogP contribution >= 0.6 is 24.0 Å². The SMILES string of the molecule is CCOCCC1(CN=C(N)N2CCCCCC2)CC1.I. The lowest BCUT2D eigenvalue weighted by atomic mass is 10.0. The molecule has 0 amide bonds. The fraction of sp³-hybridized carbons (Fsp3) is 0.933. The molecule has 1 heterocycles. The minimum atomic E-state index is 0. The zero-order chi connectivity index (χ0) is 13.6. The van der Waals surface area contributed by atoms with Crippen molar-refractivity contribution in [2.75, 3.05) is 32.8 Å². The second-order valence-electron chi connectivity index (χ2n) is 6.02. The van der Waals surface area contributed by atoms with Crippen molar-refractivity contribution >= 4 is 29.9 Å². The molecule has 0 aromatic carbocycles. The van der Waals surface area contributed by atoms with Crippen LogP contribution in [0.1, 0.15) is 51.9 Å². The van der Waals surface area contributed by atoms with Crippen molar-refractivity contribution in [2.45, 2.75) is 51.9 Å². The van der Waals surface area contributed by atoms with Crippen molar-refractivity contribution < 1.29 is 4.74 Å². The molecule has 2 aliphatic rings. The molecule has 2 N–H and O–H groups in total. The molecule has 0 atom stereocenters. The summed E-state index contributed by atoms with van der Waals surface area (Å²) in [5.74, 6) is 0.768. The Bertz CT molecular complexity index is 297. The minimum Gasteiger partial charge on any atom is -0.382 e. The van der Waals surface area contributed by atoms with E-state index in [0.29, 0.717) is 5.41 Å². The van der Waals surface area contributed by atoms with Gasteiger partial charge in [0.25, 0.3) is 0 Å². The van der Waals surface area contributed by atoms with Crippen LogP contribution in [0.5, 0.6) is 0 Å². The summed E-state index contributed by atoms with van der Waals surface area (Å²) in [4.78, 5) is 6.94. The maximum absolute atomic E-state index is 6.15. The summed E-state index contributed by atoms with van der Waals surface area (Å²) in [6.07, 6.45) is 8.90. The number of nitrogens with two attached hydrogens (primary N) is 1. The van der Waals surface area contributed by atoms with E-state index in [1.807, 2.05) is 0 Å². The monoisotopic (exact) mass is 395 g/mol. The van der Waals surface area contributed by atoms with Crippen LogP contribution in [0.2, 0.25) is 0 Å². The second-order valence-corrected chi connectivity index (χ2v) is 6.02. The first-order valence-corrected chi connectivity index (χ1v) is 7.88. The van der Waals surface area contributed by atoms with Gasteiger partial charge in [0.1, 0.15) is 0 Å². The Kier molecular flexibility index (Phi) is 8.17. The van der Waals surface area contributed by atoms with Gasteiger partial charge in [-0.05, 0) is 44.4 Å². The van der Waals surface area contributed by atoms with Gasteiger partial charge in [-0.15, -0.1) is 24.0 Å². The number of nitrogens with zero attached hydrogens (tertiary/aromatic N) is 2. The van der Waals surface area contributed by atoms with Crippen LogP contribution in [0.15, 0.2) is 4.99 Å². The molecule has 0 radical (unpaired) electrons. The Labute approximate surface area is 140 Å². The average Bonchev–Trinajstić information content (AvgIpc) is 3.21. The van der Waals surface area contributed by atoms with Crippen molar-refractivity contribution in [3.05, 3.63) is 0 Å². The normalized spacial score (nSPS) is 22.1. The van der Waals surface area contributed by atoms with Gasteiger partial charge in [-0.2, -0.15) is 0 Å². The van der Waals surface area contributed by atoms with Crippen LogP contribution in [0.25, 0.3) is 0 Å². The van der Waals surface area contributed by atoms with Crippen molar-refractivity contribution in [3.8, 4) is 0 Å². The van der Waals surface area contributed by atoms with Gasteiger partial charge in [-0.1, -0.05) is 12.8 Å². The largest absolute Gasteiger partial charge is 0.382 e. The Balaban J connectivity index is 0.00000200. The third-order valence-corrected chi connectivity index (χ3v) is 4.44. The van der Waals surface area contributed by atoms with Crippen LogP contribution < -0.4 is 5.73 Å². The van der Waals surface area contributed by atoms with Crippen LogP contribution in [0.3, 0.4) is 0 Å². The molecular weight excluding hydrogens is 365 g/mol. The zero-order valence-corrected chi connectivity index (χ0v) is 15.1. The van der Waals surface area contributed by atoms with Crippen LogP contribution in [0, 0.1) is 5.41 Å². The fourth-order valence-corrected chi connectivity index (χ4v) is 2.75. The quantitative estimate of drug-likeness (QED) is 0.326. The number of aliphatic imine (C=N–C) groups is 1. The number of rotatable bonds is 6. The summed E-state index contributed by atoms with van der Waals surface area (Å²) >= 11 is 0. The molecule has 0 aromatic heterocycles. The second kappa shape index (κ2) is 9.07. The maximum Gasteiger partial charge on any atom is 0.191 e. The summed E-state index contributed by atoms with van der Waals surface area (Å²) in [5, 5.41) is 0. The molecule has 0 aromatic rings. The maximum atomic E-state index is 6.15. The molecule has 1 saturated carbocycles. The first-order chi connectivity index (χ1) is 9.26. The lowest BCUT2D eigenvalue weighted by Crippen LogP contribution is -2.38. The molecule has 2 rings (SSSR count). The predicted octanol–water partition coefficient (Wildman–Crippen LogP) is 3.00. The third kappa shape index (κ3) is 5.76. The Morgan fingerprint density at radius 2 is 1.85 bits per heavy atom. The highest BCUT2D eigenvalue weighted by Crippen LogP contribution is 2.49. The van der Waals surface area contributed by atoms with Gasteiger partial charge in [0.05, 0.1) is 0 Å². The highest BCUT2D eigenvalue weighted by Gasteiger charge is 2.41. The number of guanidine groups is 1. The number of halogens is 1. The Morgan fingerprint density at radius 1 is 1.20 bits per heavy atom. The van der Waals surface area contributed by atoms with Gasteiger partial charge >= 0.3 is 0 Å². The van der Waals surface area contributed by atoms with Crippen molar-refractivity contribution in [3.63, 3.8) is 0 Å². The van der Waals surface area contributed by atoms with Gasteiger partial charge in [0, 0.05) is 32.8 Å². The molecule has 2 fully saturated rings. The molecule has 0 spiro atoms. The first kappa shape index (κ1) is 18.0. The standard InChI is InChI=1S/C15H29N3O.HI/c1-2-19-12-9-15(7-8-15)13-17-14(16)18-10-5-3-4-6-11-18;/h2-13H2,1H3,(H2,16,17);1H. The van der Waals surface area contributed by atoms with E-state index in [0.717, 1.165) is 45.2 Å². The molecule has 1 aliphatic heterocycles. The van der Waals surface area contributed by atoms with Crippen LogP contribution in [0.4, 0.5) is 0 Å². The average molecular weight is 395 g/mol. The number of hydrogen-bond donors (Lipinski definition) is 1. The molecule has 5 heteroatoms. The van der Waals surface area contributed by atoms with Crippen molar-refractivity contribution in [1.29, 1.82) is 0 Å². The summed E-state index contributed by atoms with van der Waals surface area (Å²) in [6.45, 7) is 6.80. The topological polar surface area (TPSA) is 50.9 Å². The number of hydrogen-bond acceptors (Lipinski definition) is 2. The molecule has 118 valence electrons. The molecule has 0 bridgehead atoms. The van der Waals surface area contributed by atoms with E-state index in [-0.39, 0.29) is 24.0 Å². The lowest BCUT2D eigenvalue weighted by molar-refractivity contribution is 0.129. The molecule has 1 aliphatic carbocycles.